The van der Waals surface area contributed by atoms with Crippen LogP contribution in [-0.4, -0.2) is 60.0 Å². The predicted octanol–water partition coefficient (Wildman–Crippen LogP) is 4.28. The molecular formula is C25H27BrN4O5S. The van der Waals surface area contributed by atoms with Crippen LogP contribution in [0.2, 0.25) is 0 Å². The third-order valence-electron chi connectivity index (χ3n) is 6.84. The van der Waals surface area contributed by atoms with Crippen molar-refractivity contribution in [1.82, 2.24) is 13.9 Å². The number of halogens is 1. The number of rotatable bonds is 2. The number of benzene rings is 1. The summed E-state index contributed by atoms with van der Waals surface area (Å²) in [6.45, 7) is 6.14. The number of fused-ring (bicyclic) bond motifs is 4. The van der Waals surface area contributed by atoms with Crippen molar-refractivity contribution in [2.75, 3.05) is 25.0 Å². The lowest BCUT2D eigenvalue weighted by Gasteiger charge is -2.39. The van der Waals surface area contributed by atoms with E-state index in [4.69, 9.17) is 4.74 Å². The Morgan fingerprint density at radius 1 is 1.14 bits per heavy atom. The largest absolute Gasteiger partial charge is 0.444 e. The molecule has 190 valence electrons. The van der Waals surface area contributed by atoms with Crippen molar-refractivity contribution in [2.45, 2.75) is 49.5 Å². The Kier molecular flexibility index (Phi) is 5.71. The Bertz CT molecular complexity index is 1490. The molecule has 0 atom stereocenters. The summed E-state index contributed by atoms with van der Waals surface area (Å²) >= 11 is 3.55. The molecule has 2 aliphatic heterocycles. The number of piperidine rings is 1. The predicted molar refractivity (Wildman–Crippen MR) is 139 cm³/mol. The fraction of sp³-hybridized carbons (Fsp3) is 0.400. The number of aromatic nitrogens is 2. The van der Waals surface area contributed by atoms with Gasteiger partial charge in [-0.25, -0.2) is 22.2 Å². The number of hydrogen-bond acceptors (Lipinski definition) is 6. The van der Waals surface area contributed by atoms with Gasteiger partial charge in [-0.2, -0.15) is 0 Å². The normalized spacial score (nSPS) is 17.6. The van der Waals surface area contributed by atoms with Crippen molar-refractivity contribution < 1.29 is 22.7 Å². The molecule has 36 heavy (non-hydrogen) atoms. The van der Waals surface area contributed by atoms with Crippen LogP contribution >= 0.6 is 15.9 Å². The lowest BCUT2D eigenvalue weighted by molar-refractivity contribution is -0.124. The summed E-state index contributed by atoms with van der Waals surface area (Å²) < 4.78 is 34.1. The van der Waals surface area contributed by atoms with Crippen molar-refractivity contribution in [1.29, 1.82) is 0 Å². The van der Waals surface area contributed by atoms with Gasteiger partial charge in [-0.1, -0.05) is 18.2 Å². The van der Waals surface area contributed by atoms with E-state index in [9.17, 15) is 18.0 Å². The molecule has 11 heteroatoms. The SMILES string of the molecule is CN1C(=O)C2(CCN(C(=O)OC(C)(C)C)CC2)c2c1cnc1c2c(Br)cn1S(=O)(=O)c1ccccc1. The number of amides is 2. The fourth-order valence-electron chi connectivity index (χ4n) is 5.14. The van der Waals surface area contributed by atoms with Crippen LogP contribution in [0.25, 0.3) is 11.0 Å². The van der Waals surface area contributed by atoms with Gasteiger partial charge in [0.15, 0.2) is 5.65 Å². The van der Waals surface area contributed by atoms with E-state index in [0.717, 1.165) is 9.54 Å². The molecule has 1 fully saturated rings. The number of hydrogen-bond donors (Lipinski definition) is 0. The van der Waals surface area contributed by atoms with Crippen LogP contribution in [0.15, 0.2) is 52.1 Å². The minimum atomic E-state index is -3.91. The van der Waals surface area contributed by atoms with E-state index in [1.54, 1.807) is 41.2 Å². The summed E-state index contributed by atoms with van der Waals surface area (Å²) in [5, 5.41) is 0.593. The average molecular weight is 575 g/mol. The molecule has 9 nitrogen and oxygen atoms in total. The van der Waals surface area contributed by atoms with Crippen molar-refractivity contribution in [3.63, 3.8) is 0 Å². The molecule has 0 unspecified atom stereocenters. The number of ether oxygens (including phenoxy) is 1. The number of pyridine rings is 1. The summed E-state index contributed by atoms with van der Waals surface area (Å²) in [7, 11) is -2.21. The Morgan fingerprint density at radius 3 is 2.39 bits per heavy atom. The van der Waals surface area contributed by atoms with Crippen molar-refractivity contribution in [3.05, 3.63) is 52.8 Å². The summed E-state index contributed by atoms with van der Waals surface area (Å²) in [5.41, 5.74) is 0.139. The first-order valence-corrected chi connectivity index (χ1v) is 13.9. The average Bonchev–Trinajstić information content (AvgIpc) is 3.28. The zero-order valence-electron chi connectivity index (χ0n) is 20.5. The maximum absolute atomic E-state index is 13.6. The summed E-state index contributed by atoms with van der Waals surface area (Å²) in [6.07, 6.45) is 3.44. The Balaban J connectivity index is 1.60. The minimum Gasteiger partial charge on any atom is -0.444 e. The van der Waals surface area contributed by atoms with E-state index in [1.807, 2.05) is 20.8 Å². The molecule has 3 aromatic rings. The van der Waals surface area contributed by atoms with Gasteiger partial charge >= 0.3 is 6.09 Å². The smallest absolute Gasteiger partial charge is 0.410 e. The van der Waals surface area contributed by atoms with Crippen LogP contribution < -0.4 is 4.90 Å². The maximum atomic E-state index is 13.6. The molecule has 0 radical (unpaired) electrons. The van der Waals surface area contributed by atoms with Gasteiger partial charge in [-0.05, 0) is 61.7 Å². The zero-order valence-corrected chi connectivity index (χ0v) is 22.9. The second kappa shape index (κ2) is 8.31. The van der Waals surface area contributed by atoms with Crippen molar-refractivity contribution >= 4 is 54.7 Å². The molecule has 2 amide bonds. The van der Waals surface area contributed by atoms with Crippen LogP contribution in [-0.2, 0) is 25.0 Å². The molecular weight excluding hydrogens is 548 g/mol. The van der Waals surface area contributed by atoms with Gasteiger partial charge in [0.05, 0.1) is 22.2 Å². The van der Waals surface area contributed by atoms with Gasteiger partial charge in [-0.15, -0.1) is 0 Å². The molecule has 0 N–H and O–H groups in total. The minimum absolute atomic E-state index is 0.0822. The Labute approximate surface area is 218 Å². The van der Waals surface area contributed by atoms with Crippen LogP contribution in [0, 0.1) is 0 Å². The number of anilines is 1. The van der Waals surface area contributed by atoms with Crippen LogP contribution in [0.5, 0.6) is 0 Å². The van der Waals surface area contributed by atoms with Crippen LogP contribution in [0.4, 0.5) is 10.5 Å². The monoisotopic (exact) mass is 574 g/mol. The number of carbonyl (C=O) groups is 2. The third-order valence-corrected chi connectivity index (χ3v) is 9.11. The van der Waals surface area contributed by atoms with E-state index >= 15 is 0 Å². The molecule has 1 aromatic carbocycles. The number of nitrogens with zero attached hydrogens (tertiary/aromatic N) is 4. The highest BCUT2D eigenvalue weighted by molar-refractivity contribution is 9.10. The maximum Gasteiger partial charge on any atom is 0.410 e. The number of carbonyl (C=O) groups excluding carboxylic acids is 2. The molecule has 0 bridgehead atoms. The van der Waals surface area contributed by atoms with E-state index in [0.29, 0.717) is 41.5 Å². The molecule has 1 spiro atoms. The van der Waals surface area contributed by atoms with Gasteiger partial charge in [0.25, 0.3) is 10.0 Å². The first kappa shape index (κ1) is 24.8. The first-order valence-electron chi connectivity index (χ1n) is 11.6. The summed E-state index contributed by atoms with van der Waals surface area (Å²) in [6, 6.07) is 8.16. The molecule has 2 aliphatic rings. The highest BCUT2D eigenvalue weighted by Crippen LogP contribution is 2.51. The van der Waals surface area contributed by atoms with Gasteiger partial charge in [0.2, 0.25) is 5.91 Å². The molecule has 0 saturated carbocycles. The molecule has 0 aliphatic carbocycles. The van der Waals surface area contributed by atoms with Crippen molar-refractivity contribution in [2.24, 2.45) is 0 Å². The van der Waals surface area contributed by atoms with E-state index < -0.39 is 27.1 Å². The summed E-state index contributed by atoms with van der Waals surface area (Å²) in [4.78, 5) is 34.1. The van der Waals surface area contributed by atoms with Crippen molar-refractivity contribution in [3.8, 4) is 0 Å². The third kappa shape index (κ3) is 3.71. The van der Waals surface area contributed by atoms with E-state index in [1.165, 1.54) is 18.3 Å². The first-order chi connectivity index (χ1) is 16.9. The fourth-order valence-corrected chi connectivity index (χ4v) is 7.19. The molecule has 2 aromatic heterocycles. The summed E-state index contributed by atoms with van der Waals surface area (Å²) in [5.74, 6) is -0.0822. The molecule has 1 saturated heterocycles. The van der Waals surface area contributed by atoms with Gasteiger partial charge < -0.3 is 14.5 Å². The topological polar surface area (TPSA) is 102 Å². The Hall–Kier alpha value is -2.92. The second-order valence-corrected chi connectivity index (χ2v) is 12.9. The van der Waals surface area contributed by atoms with Gasteiger partial charge in [-0.3, -0.25) is 4.79 Å². The second-order valence-electron chi connectivity index (χ2n) is 10.2. The Morgan fingerprint density at radius 2 is 1.78 bits per heavy atom. The van der Waals surface area contributed by atoms with Gasteiger partial charge in [0.1, 0.15) is 5.60 Å². The van der Waals surface area contributed by atoms with Crippen LogP contribution in [0.3, 0.4) is 0 Å². The lowest BCUT2D eigenvalue weighted by Crippen LogP contribution is -2.50. The highest BCUT2D eigenvalue weighted by Gasteiger charge is 2.53. The molecule has 4 heterocycles. The van der Waals surface area contributed by atoms with Gasteiger partial charge in [0, 0.05) is 41.8 Å². The molecule has 5 rings (SSSR count). The lowest BCUT2D eigenvalue weighted by atomic mass is 9.73. The van der Waals surface area contributed by atoms with E-state index in [2.05, 4.69) is 20.9 Å². The quantitative estimate of drug-likeness (QED) is 0.452. The highest BCUT2D eigenvalue weighted by atomic mass is 79.9. The van der Waals surface area contributed by atoms with E-state index in [-0.39, 0.29) is 16.4 Å². The standard InChI is InChI=1S/C25H27BrN4O5S/c1-24(2,3)35-23(32)29-12-10-25(11-13-29)20-18(28(4)22(25)31)14-27-21-19(20)17(26)15-30(21)36(33,34)16-8-6-5-7-9-16/h5-9,14-15H,10-13H2,1-4H3. The number of likely N-dealkylation sites (tertiary alicyclic amines) is 1. The zero-order chi connectivity index (χ0) is 26.0. The number of likely N-dealkylation sites (N-methyl/N-ethyl adjacent to an activating group) is 1. The van der Waals surface area contributed by atoms with Crippen LogP contribution in [0.1, 0.15) is 39.2 Å².